The lowest BCUT2D eigenvalue weighted by Gasteiger charge is -2.40. The average molecular weight is 466 g/mol. The van der Waals surface area contributed by atoms with Crippen LogP contribution in [0.1, 0.15) is 39.7 Å². The van der Waals surface area contributed by atoms with Crippen molar-refractivity contribution in [3.8, 4) is 12.0 Å². The number of anilines is 1. The standard InChI is InChI=1S/C25H35N5O2Si/c1-19(32-33(5,6)25(2,3)4)21(13-10-14-31-16-20-11-8-7-9-12-20)15-30-18-29-22-23(26)27-17-28-24(22)30/h7-9,11-12,17-19,21H,13,15-16H2,1-6H3,(H2,26,27,28). The highest BCUT2D eigenvalue weighted by molar-refractivity contribution is 6.74. The third-order valence-corrected chi connectivity index (χ3v) is 11.0. The van der Waals surface area contributed by atoms with Crippen LogP contribution in [-0.2, 0) is 22.3 Å². The molecule has 1 aromatic carbocycles. The Bertz CT molecular complexity index is 1110. The first kappa shape index (κ1) is 24.7. The second-order valence-electron chi connectivity index (χ2n) is 9.93. The number of nitrogen functional groups attached to an aromatic ring is 1. The van der Waals surface area contributed by atoms with Gasteiger partial charge in [0, 0.05) is 25.0 Å². The van der Waals surface area contributed by atoms with Crippen LogP contribution in [0.5, 0.6) is 0 Å². The first-order valence-corrected chi connectivity index (χ1v) is 14.2. The van der Waals surface area contributed by atoms with E-state index in [0.29, 0.717) is 30.9 Å². The Morgan fingerprint density at radius 1 is 1.12 bits per heavy atom. The van der Waals surface area contributed by atoms with Crippen LogP contribution in [0.15, 0.2) is 43.0 Å². The molecule has 2 aromatic heterocycles. The summed E-state index contributed by atoms with van der Waals surface area (Å²) in [6.45, 7) is 14.6. The minimum atomic E-state index is -1.94. The second-order valence-corrected chi connectivity index (χ2v) is 14.7. The molecule has 0 radical (unpaired) electrons. The fourth-order valence-electron chi connectivity index (χ4n) is 3.32. The molecule has 33 heavy (non-hydrogen) atoms. The molecule has 0 bridgehead atoms. The molecule has 0 aliphatic heterocycles. The molecule has 2 atom stereocenters. The Morgan fingerprint density at radius 3 is 2.55 bits per heavy atom. The summed E-state index contributed by atoms with van der Waals surface area (Å²) in [4.78, 5) is 12.8. The summed E-state index contributed by atoms with van der Waals surface area (Å²) in [5.41, 5.74) is 8.40. The topological polar surface area (TPSA) is 88.1 Å². The number of hydrogen-bond acceptors (Lipinski definition) is 6. The maximum atomic E-state index is 6.71. The van der Waals surface area contributed by atoms with Crippen molar-refractivity contribution in [1.29, 1.82) is 0 Å². The molecule has 2 unspecified atom stereocenters. The van der Waals surface area contributed by atoms with Crippen LogP contribution >= 0.6 is 0 Å². The summed E-state index contributed by atoms with van der Waals surface area (Å²) in [6, 6.07) is 10.0. The number of aromatic nitrogens is 4. The smallest absolute Gasteiger partial charge is 0.192 e. The van der Waals surface area contributed by atoms with Gasteiger partial charge < -0.3 is 19.5 Å². The minimum Gasteiger partial charge on any atom is -0.442 e. The van der Waals surface area contributed by atoms with Crippen molar-refractivity contribution in [3.63, 3.8) is 0 Å². The largest absolute Gasteiger partial charge is 0.442 e. The number of fused-ring (bicyclic) bond motifs is 1. The molecule has 3 aromatic rings. The Morgan fingerprint density at radius 2 is 1.85 bits per heavy atom. The van der Waals surface area contributed by atoms with Gasteiger partial charge >= 0.3 is 0 Å². The van der Waals surface area contributed by atoms with Crippen molar-refractivity contribution in [3.05, 3.63) is 48.5 Å². The van der Waals surface area contributed by atoms with Crippen molar-refractivity contribution in [2.24, 2.45) is 5.92 Å². The van der Waals surface area contributed by atoms with E-state index in [0.717, 1.165) is 11.2 Å². The normalized spacial score (nSPS) is 13.9. The van der Waals surface area contributed by atoms with Gasteiger partial charge in [-0.1, -0.05) is 57.0 Å². The zero-order chi connectivity index (χ0) is 24.1. The van der Waals surface area contributed by atoms with E-state index >= 15 is 0 Å². The molecule has 176 valence electrons. The van der Waals surface area contributed by atoms with Crippen LogP contribution in [-0.4, -0.2) is 33.9 Å². The molecule has 0 amide bonds. The average Bonchev–Trinajstić information content (AvgIpc) is 3.16. The summed E-state index contributed by atoms with van der Waals surface area (Å²) >= 11 is 0. The number of imidazole rings is 1. The van der Waals surface area contributed by atoms with E-state index in [9.17, 15) is 0 Å². The molecule has 7 nitrogen and oxygen atoms in total. The number of benzene rings is 1. The van der Waals surface area contributed by atoms with E-state index in [1.165, 1.54) is 6.33 Å². The van der Waals surface area contributed by atoms with E-state index in [1.54, 1.807) is 6.33 Å². The van der Waals surface area contributed by atoms with Crippen molar-refractivity contribution in [2.45, 2.75) is 71.5 Å². The number of ether oxygens (including phenoxy) is 1. The monoisotopic (exact) mass is 465 g/mol. The third-order valence-electron chi connectivity index (χ3n) is 6.40. The number of nitrogens with two attached hydrogens (primary N) is 1. The van der Waals surface area contributed by atoms with Crippen LogP contribution in [0, 0.1) is 17.9 Å². The minimum absolute atomic E-state index is 0.00551. The van der Waals surface area contributed by atoms with Crippen LogP contribution < -0.4 is 5.73 Å². The number of hydrogen-bond donors (Lipinski definition) is 1. The van der Waals surface area contributed by atoms with Gasteiger partial charge in [0.05, 0.1) is 6.33 Å². The molecule has 0 aliphatic rings. The highest BCUT2D eigenvalue weighted by Crippen LogP contribution is 2.38. The maximum absolute atomic E-state index is 6.71. The molecule has 2 heterocycles. The van der Waals surface area contributed by atoms with Gasteiger partial charge in [0.25, 0.3) is 0 Å². The van der Waals surface area contributed by atoms with E-state index < -0.39 is 8.32 Å². The molecule has 8 heteroatoms. The SMILES string of the molecule is CC(O[Si](C)(C)C(C)(C)C)C(CC#COCc1ccccc1)Cn1cnc2c(N)ncnc21. The Labute approximate surface area is 197 Å². The van der Waals surface area contributed by atoms with Crippen molar-refractivity contribution in [1.82, 2.24) is 19.5 Å². The van der Waals surface area contributed by atoms with Gasteiger partial charge in [-0.15, -0.1) is 0 Å². The van der Waals surface area contributed by atoms with Gasteiger partial charge in [-0.05, 0) is 30.6 Å². The van der Waals surface area contributed by atoms with Gasteiger partial charge in [-0.25, -0.2) is 15.0 Å². The number of rotatable bonds is 8. The van der Waals surface area contributed by atoms with Crippen LogP contribution in [0.3, 0.4) is 0 Å². The first-order chi connectivity index (χ1) is 15.6. The van der Waals surface area contributed by atoms with Crippen molar-refractivity contribution < 1.29 is 9.16 Å². The molecule has 0 fully saturated rings. The van der Waals surface area contributed by atoms with Gasteiger partial charge in [-0.2, -0.15) is 0 Å². The van der Waals surface area contributed by atoms with Crippen LogP contribution in [0.4, 0.5) is 5.82 Å². The Balaban J connectivity index is 1.75. The maximum Gasteiger partial charge on any atom is 0.192 e. The number of nitrogens with zero attached hydrogens (tertiary/aromatic N) is 4. The molecule has 0 spiro atoms. The summed E-state index contributed by atoms with van der Waals surface area (Å²) in [5.74, 6) is 3.71. The predicted octanol–water partition coefficient (Wildman–Crippen LogP) is 5.00. The highest BCUT2D eigenvalue weighted by Gasteiger charge is 2.39. The molecular weight excluding hydrogens is 430 g/mol. The lowest BCUT2D eigenvalue weighted by Crippen LogP contribution is -2.45. The van der Waals surface area contributed by atoms with E-state index in [1.807, 2.05) is 34.9 Å². The molecule has 2 N–H and O–H groups in total. The third kappa shape index (κ3) is 6.33. The lowest BCUT2D eigenvalue weighted by molar-refractivity contribution is 0.125. The second kappa shape index (κ2) is 10.4. The Kier molecular flexibility index (Phi) is 7.77. The van der Waals surface area contributed by atoms with E-state index in [4.69, 9.17) is 14.9 Å². The summed E-state index contributed by atoms with van der Waals surface area (Å²) in [6.07, 6.45) is 6.74. The molecule has 0 aliphatic carbocycles. The zero-order valence-corrected chi connectivity index (χ0v) is 21.5. The molecule has 0 saturated carbocycles. The van der Waals surface area contributed by atoms with E-state index in [2.05, 4.69) is 67.8 Å². The molecule has 0 saturated heterocycles. The fraction of sp³-hybridized carbons (Fsp3) is 0.480. The summed E-state index contributed by atoms with van der Waals surface area (Å²) < 4.78 is 14.3. The quantitative estimate of drug-likeness (QED) is 0.372. The van der Waals surface area contributed by atoms with Gasteiger partial charge in [0.1, 0.15) is 24.6 Å². The fourth-order valence-corrected chi connectivity index (χ4v) is 4.79. The van der Waals surface area contributed by atoms with E-state index in [-0.39, 0.29) is 17.1 Å². The highest BCUT2D eigenvalue weighted by atomic mass is 28.4. The molecular formula is C25H35N5O2Si. The van der Waals surface area contributed by atoms with Crippen LogP contribution in [0.25, 0.3) is 11.2 Å². The Hall–Kier alpha value is -2.89. The first-order valence-electron chi connectivity index (χ1n) is 11.3. The molecule has 3 rings (SSSR count). The lowest BCUT2D eigenvalue weighted by atomic mass is 10.00. The summed E-state index contributed by atoms with van der Waals surface area (Å²) in [5, 5.41) is 0.125. The van der Waals surface area contributed by atoms with Gasteiger partial charge in [0.2, 0.25) is 0 Å². The zero-order valence-electron chi connectivity index (χ0n) is 20.5. The van der Waals surface area contributed by atoms with Crippen LogP contribution in [0.2, 0.25) is 18.1 Å². The van der Waals surface area contributed by atoms with Crippen molar-refractivity contribution >= 4 is 25.3 Å². The predicted molar refractivity (Wildman–Crippen MR) is 135 cm³/mol. The van der Waals surface area contributed by atoms with Crippen molar-refractivity contribution in [2.75, 3.05) is 5.73 Å². The summed E-state index contributed by atoms with van der Waals surface area (Å²) in [7, 11) is -1.94. The van der Waals surface area contributed by atoms with Gasteiger partial charge in [-0.3, -0.25) is 0 Å². The van der Waals surface area contributed by atoms with Gasteiger partial charge in [0.15, 0.2) is 19.8 Å².